The molecule has 5 nitrogen and oxygen atoms in total. The molecule has 1 aromatic heterocycles. The van der Waals surface area contributed by atoms with Crippen molar-refractivity contribution in [3.05, 3.63) is 87.1 Å². The second-order valence-electron chi connectivity index (χ2n) is 6.57. The van der Waals surface area contributed by atoms with Gasteiger partial charge in [0.25, 0.3) is 5.56 Å². The first-order valence-electron chi connectivity index (χ1n) is 9.00. The fourth-order valence-electron chi connectivity index (χ4n) is 2.88. The molecule has 3 aromatic rings. The van der Waals surface area contributed by atoms with Gasteiger partial charge in [-0.2, -0.15) is 0 Å². The van der Waals surface area contributed by atoms with Gasteiger partial charge in [-0.15, -0.1) is 0 Å². The van der Waals surface area contributed by atoms with Crippen molar-refractivity contribution in [1.82, 2.24) is 9.55 Å². The monoisotopic (exact) mass is 412 g/mol. The number of methoxy groups -OCH3 is 1. The van der Waals surface area contributed by atoms with Crippen molar-refractivity contribution in [3.63, 3.8) is 0 Å². The Balaban J connectivity index is 1.77. The van der Waals surface area contributed by atoms with Crippen LogP contribution in [0.25, 0.3) is 0 Å². The second-order valence-corrected chi connectivity index (χ2v) is 7.51. The number of carbonyl (C=O) groups is 1. The number of benzene rings is 2. The van der Waals surface area contributed by atoms with Crippen molar-refractivity contribution in [2.75, 3.05) is 12.9 Å². The van der Waals surface area contributed by atoms with Crippen LogP contribution in [0.5, 0.6) is 5.75 Å². The first-order chi connectivity index (χ1) is 13.9. The number of Topliss-reactive ketones (excluding diaryl/α,β-unsaturated/α-hetero) is 1. The van der Waals surface area contributed by atoms with E-state index in [-0.39, 0.29) is 22.9 Å². The summed E-state index contributed by atoms with van der Waals surface area (Å²) in [5.74, 6) is 0.386. The zero-order valence-corrected chi connectivity index (χ0v) is 17.3. The molecular formula is C22H21FN2O3S. The summed E-state index contributed by atoms with van der Waals surface area (Å²) in [5, 5.41) is 0.478. The summed E-state index contributed by atoms with van der Waals surface area (Å²) in [7, 11) is 3.19. The van der Waals surface area contributed by atoms with E-state index in [1.54, 1.807) is 57.5 Å². The number of aromatic nitrogens is 2. The van der Waals surface area contributed by atoms with Crippen molar-refractivity contribution in [2.45, 2.75) is 18.5 Å². The van der Waals surface area contributed by atoms with E-state index in [2.05, 4.69) is 4.98 Å². The first kappa shape index (κ1) is 20.8. The molecule has 150 valence electrons. The van der Waals surface area contributed by atoms with E-state index in [0.717, 1.165) is 5.56 Å². The van der Waals surface area contributed by atoms with Crippen LogP contribution in [0.15, 0.2) is 58.5 Å². The lowest BCUT2D eigenvalue weighted by molar-refractivity contribution is 0.102. The molecule has 0 aliphatic heterocycles. The number of ketones is 1. The van der Waals surface area contributed by atoms with E-state index in [4.69, 9.17) is 4.74 Å². The molecular weight excluding hydrogens is 391 g/mol. The largest absolute Gasteiger partial charge is 0.497 e. The lowest BCUT2D eigenvalue weighted by Gasteiger charge is -2.12. The second kappa shape index (κ2) is 9.05. The summed E-state index contributed by atoms with van der Waals surface area (Å²) in [4.78, 5) is 29.8. The van der Waals surface area contributed by atoms with Gasteiger partial charge in [0, 0.05) is 30.3 Å². The Morgan fingerprint density at radius 2 is 1.93 bits per heavy atom. The topological polar surface area (TPSA) is 61.2 Å². The van der Waals surface area contributed by atoms with Gasteiger partial charge in [-0.25, -0.2) is 9.37 Å². The van der Waals surface area contributed by atoms with E-state index in [1.165, 1.54) is 28.5 Å². The van der Waals surface area contributed by atoms with Crippen LogP contribution >= 0.6 is 11.8 Å². The van der Waals surface area contributed by atoms with Gasteiger partial charge in [0.1, 0.15) is 11.6 Å². The van der Waals surface area contributed by atoms with Crippen molar-refractivity contribution in [1.29, 1.82) is 0 Å². The molecule has 0 aliphatic carbocycles. The maximum Gasteiger partial charge on any atom is 0.257 e. The molecule has 0 aliphatic rings. The summed E-state index contributed by atoms with van der Waals surface area (Å²) in [6.07, 6.45) is 0.374. The smallest absolute Gasteiger partial charge is 0.257 e. The minimum Gasteiger partial charge on any atom is -0.497 e. The van der Waals surface area contributed by atoms with Crippen LogP contribution in [0, 0.1) is 12.7 Å². The Morgan fingerprint density at radius 3 is 2.62 bits per heavy atom. The fourth-order valence-corrected chi connectivity index (χ4v) is 3.78. The highest BCUT2D eigenvalue weighted by Crippen LogP contribution is 2.20. The molecule has 0 atom stereocenters. The predicted octanol–water partition coefficient (Wildman–Crippen LogP) is 3.80. The third-order valence-corrected chi connectivity index (χ3v) is 5.60. The molecule has 1 heterocycles. The first-order valence-corrected chi connectivity index (χ1v) is 9.98. The molecule has 7 heteroatoms. The van der Waals surface area contributed by atoms with E-state index in [0.29, 0.717) is 34.1 Å². The molecule has 0 radical (unpaired) electrons. The number of thioether (sulfide) groups is 1. The molecule has 2 aromatic carbocycles. The maximum absolute atomic E-state index is 13.1. The van der Waals surface area contributed by atoms with Gasteiger partial charge in [-0.05, 0) is 36.8 Å². The van der Waals surface area contributed by atoms with E-state index < -0.39 is 0 Å². The quantitative estimate of drug-likeness (QED) is 0.336. The van der Waals surface area contributed by atoms with Crippen LogP contribution in [0.2, 0.25) is 0 Å². The minimum absolute atomic E-state index is 0.0730. The number of ether oxygens (including phenoxy) is 1. The number of hydrogen-bond acceptors (Lipinski definition) is 5. The number of carbonyl (C=O) groups excluding carboxylic acids is 1. The molecule has 29 heavy (non-hydrogen) atoms. The molecule has 0 fully saturated rings. The summed E-state index contributed by atoms with van der Waals surface area (Å²) >= 11 is 1.22. The van der Waals surface area contributed by atoms with Gasteiger partial charge in [-0.3, -0.25) is 14.2 Å². The van der Waals surface area contributed by atoms with Crippen molar-refractivity contribution in [2.24, 2.45) is 7.05 Å². The normalized spacial score (nSPS) is 10.8. The third kappa shape index (κ3) is 4.92. The van der Waals surface area contributed by atoms with Gasteiger partial charge in [-0.1, -0.05) is 36.0 Å². The summed E-state index contributed by atoms with van der Waals surface area (Å²) in [6.45, 7) is 1.77. The van der Waals surface area contributed by atoms with Crippen LogP contribution < -0.4 is 10.3 Å². The van der Waals surface area contributed by atoms with Gasteiger partial charge in [0.05, 0.1) is 12.9 Å². The van der Waals surface area contributed by atoms with Gasteiger partial charge >= 0.3 is 0 Å². The SMILES string of the molecule is COc1cccc(C(=O)CSc2nc(C)c(Cc3ccc(F)cc3)c(=O)n2C)c1. The van der Waals surface area contributed by atoms with E-state index >= 15 is 0 Å². The van der Waals surface area contributed by atoms with Crippen LogP contribution in [-0.4, -0.2) is 28.2 Å². The summed E-state index contributed by atoms with van der Waals surface area (Å²) in [5.41, 5.74) is 2.38. The summed E-state index contributed by atoms with van der Waals surface area (Å²) in [6, 6.07) is 13.0. The van der Waals surface area contributed by atoms with Crippen LogP contribution in [0.1, 0.15) is 27.2 Å². The molecule has 0 bridgehead atoms. The highest BCUT2D eigenvalue weighted by atomic mass is 32.2. The number of halogens is 1. The van der Waals surface area contributed by atoms with Gasteiger partial charge in [0.2, 0.25) is 0 Å². The molecule has 3 rings (SSSR count). The lowest BCUT2D eigenvalue weighted by Crippen LogP contribution is -2.26. The Morgan fingerprint density at radius 1 is 1.21 bits per heavy atom. The maximum atomic E-state index is 13.1. The lowest BCUT2D eigenvalue weighted by atomic mass is 10.1. The Hall–Kier alpha value is -2.93. The van der Waals surface area contributed by atoms with Crippen LogP contribution in [-0.2, 0) is 13.5 Å². The molecule has 0 saturated heterocycles. The number of hydrogen-bond donors (Lipinski definition) is 0. The third-order valence-electron chi connectivity index (χ3n) is 4.57. The highest BCUT2D eigenvalue weighted by Gasteiger charge is 2.15. The molecule has 0 spiro atoms. The van der Waals surface area contributed by atoms with Crippen LogP contribution in [0.4, 0.5) is 4.39 Å². The average Bonchev–Trinajstić information content (AvgIpc) is 2.74. The molecule has 0 N–H and O–H groups in total. The minimum atomic E-state index is -0.316. The number of aryl methyl sites for hydroxylation is 1. The van der Waals surface area contributed by atoms with Gasteiger partial charge in [0.15, 0.2) is 10.9 Å². The van der Waals surface area contributed by atoms with Gasteiger partial charge < -0.3 is 4.74 Å². The average molecular weight is 412 g/mol. The summed E-state index contributed by atoms with van der Waals surface area (Å²) < 4.78 is 19.7. The Kier molecular flexibility index (Phi) is 6.49. The Labute approximate surface area is 172 Å². The standard InChI is InChI=1S/C22H21FN2O3S/c1-14-19(11-15-7-9-17(23)10-8-15)21(27)25(2)22(24-14)29-13-20(26)16-5-4-6-18(12-16)28-3/h4-10,12H,11,13H2,1-3H3. The number of rotatable bonds is 7. The zero-order chi connectivity index (χ0) is 21.0. The zero-order valence-electron chi connectivity index (χ0n) is 16.4. The van der Waals surface area contributed by atoms with Crippen LogP contribution in [0.3, 0.4) is 0 Å². The predicted molar refractivity (Wildman–Crippen MR) is 111 cm³/mol. The van der Waals surface area contributed by atoms with Crippen molar-refractivity contribution in [3.8, 4) is 5.75 Å². The molecule has 0 amide bonds. The fraction of sp³-hybridized carbons (Fsp3) is 0.227. The van der Waals surface area contributed by atoms with Crippen molar-refractivity contribution >= 4 is 17.5 Å². The Bertz CT molecular complexity index is 1090. The molecule has 0 saturated carbocycles. The highest BCUT2D eigenvalue weighted by molar-refractivity contribution is 7.99. The van der Waals surface area contributed by atoms with Crippen molar-refractivity contribution < 1.29 is 13.9 Å². The van der Waals surface area contributed by atoms with E-state index in [9.17, 15) is 14.0 Å². The number of nitrogens with zero attached hydrogens (tertiary/aromatic N) is 2. The van der Waals surface area contributed by atoms with E-state index in [1.807, 2.05) is 0 Å². The molecule has 0 unspecified atom stereocenters.